The van der Waals surface area contributed by atoms with Crippen molar-refractivity contribution in [2.45, 2.75) is 12.5 Å². The predicted molar refractivity (Wildman–Crippen MR) is 53.7 cm³/mol. The molecule has 1 heterocycles. The molecule has 4 nitrogen and oxygen atoms in total. The average molecular weight is 205 g/mol. The van der Waals surface area contributed by atoms with Gasteiger partial charge in [-0.1, -0.05) is 18.2 Å². The molecule has 0 fully saturated rings. The first kappa shape index (κ1) is 9.71. The Kier molecular flexibility index (Phi) is 2.19. The maximum atomic E-state index is 11.8. The maximum Gasteiger partial charge on any atom is 0.326 e. The van der Waals surface area contributed by atoms with Crippen molar-refractivity contribution in [2.75, 3.05) is 7.05 Å². The topological polar surface area (TPSA) is 57.6 Å². The third-order valence-electron chi connectivity index (χ3n) is 2.73. The van der Waals surface area contributed by atoms with Gasteiger partial charge in [-0.05, 0) is 11.6 Å². The number of hydrogen-bond acceptors (Lipinski definition) is 2. The summed E-state index contributed by atoms with van der Waals surface area (Å²) in [5.41, 5.74) is 1.42. The fraction of sp³-hybridized carbons (Fsp3) is 0.273. The van der Waals surface area contributed by atoms with Gasteiger partial charge in [-0.2, -0.15) is 0 Å². The Morgan fingerprint density at radius 2 is 2.13 bits per heavy atom. The molecule has 2 rings (SSSR count). The highest BCUT2D eigenvalue weighted by molar-refractivity contribution is 5.99. The minimum absolute atomic E-state index is 0.218. The van der Waals surface area contributed by atoms with E-state index >= 15 is 0 Å². The third-order valence-corrected chi connectivity index (χ3v) is 2.73. The van der Waals surface area contributed by atoms with Gasteiger partial charge < -0.3 is 10.0 Å². The van der Waals surface area contributed by atoms with E-state index in [1.807, 2.05) is 6.07 Å². The molecule has 0 unspecified atom stereocenters. The lowest BCUT2D eigenvalue weighted by atomic mass is 9.94. The molecule has 0 bridgehead atoms. The normalized spacial score (nSPS) is 19.9. The number of fused-ring (bicyclic) bond motifs is 1. The fourth-order valence-electron chi connectivity index (χ4n) is 1.84. The molecule has 1 aromatic rings. The number of carboxylic acid groups (broad SMARTS) is 1. The van der Waals surface area contributed by atoms with Crippen molar-refractivity contribution in [1.82, 2.24) is 4.90 Å². The first-order chi connectivity index (χ1) is 7.11. The van der Waals surface area contributed by atoms with Crippen molar-refractivity contribution < 1.29 is 14.7 Å². The average Bonchev–Trinajstić information content (AvgIpc) is 2.23. The van der Waals surface area contributed by atoms with Crippen LogP contribution in [-0.2, 0) is 11.2 Å². The van der Waals surface area contributed by atoms with E-state index < -0.39 is 12.0 Å². The number of hydrogen-bond donors (Lipinski definition) is 1. The van der Waals surface area contributed by atoms with Crippen molar-refractivity contribution in [3.8, 4) is 0 Å². The summed E-state index contributed by atoms with van der Waals surface area (Å²) in [6, 6.07) is 6.39. The van der Waals surface area contributed by atoms with Gasteiger partial charge in [0, 0.05) is 19.0 Å². The summed E-state index contributed by atoms with van der Waals surface area (Å²) in [6.45, 7) is 0. The lowest BCUT2D eigenvalue weighted by Gasteiger charge is -2.30. The number of likely N-dealkylation sites (N-methyl/N-ethyl adjacent to an activating group) is 1. The summed E-state index contributed by atoms with van der Waals surface area (Å²) in [5.74, 6) is -1.18. The molecule has 1 N–H and O–H groups in total. The van der Waals surface area contributed by atoms with Gasteiger partial charge in [0.25, 0.3) is 5.91 Å². The van der Waals surface area contributed by atoms with E-state index in [9.17, 15) is 9.59 Å². The number of amides is 1. The monoisotopic (exact) mass is 205 g/mol. The Morgan fingerprint density at radius 3 is 2.80 bits per heavy atom. The maximum absolute atomic E-state index is 11.8. The molecule has 1 atom stereocenters. The van der Waals surface area contributed by atoms with E-state index in [1.54, 1.807) is 18.2 Å². The predicted octanol–water partition coefficient (Wildman–Crippen LogP) is 0.768. The molecule has 1 aliphatic heterocycles. The van der Waals surface area contributed by atoms with Crippen LogP contribution in [0.4, 0.5) is 0 Å². The van der Waals surface area contributed by atoms with Crippen LogP contribution >= 0.6 is 0 Å². The van der Waals surface area contributed by atoms with Crippen LogP contribution in [0.1, 0.15) is 15.9 Å². The molecule has 0 saturated heterocycles. The number of carbonyl (C=O) groups is 2. The first-order valence-electron chi connectivity index (χ1n) is 4.69. The number of benzene rings is 1. The molecule has 15 heavy (non-hydrogen) atoms. The Labute approximate surface area is 87.1 Å². The Bertz CT molecular complexity index is 428. The van der Waals surface area contributed by atoms with Crippen LogP contribution in [0.3, 0.4) is 0 Å². The highest BCUT2D eigenvalue weighted by atomic mass is 16.4. The van der Waals surface area contributed by atoms with Crippen LogP contribution < -0.4 is 0 Å². The number of carboxylic acids is 1. The number of aliphatic carboxylic acids is 1. The number of carbonyl (C=O) groups excluding carboxylic acids is 1. The zero-order valence-corrected chi connectivity index (χ0v) is 8.30. The van der Waals surface area contributed by atoms with Gasteiger partial charge in [-0.3, -0.25) is 4.79 Å². The van der Waals surface area contributed by atoms with Crippen molar-refractivity contribution in [3.63, 3.8) is 0 Å². The lowest BCUT2D eigenvalue weighted by Crippen LogP contribution is -2.47. The summed E-state index contributed by atoms with van der Waals surface area (Å²) in [5, 5.41) is 8.96. The van der Waals surface area contributed by atoms with E-state index in [0.29, 0.717) is 12.0 Å². The second kappa shape index (κ2) is 3.38. The zero-order valence-electron chi connectivity index (χ0n) is 8.30. The fourth-order valence-corrected chi connectivity index (χ4v) is 1.84. The number of rotatable bonds is 1. The van der Waals surface area contributed by atoms with Crippen molar-refractivity contribution in [2.24, 2.45) is 0 Å². The molecule has 0 saturated carbocycles. The molecule has 78 valence electrons. The van der Waals surface area contributed by atoms with Gasteiger partial charge in [-0.15, -0.1) is 0 Å². The minimum Gasteiger partial charge on any atom is -0.480 e. The van der Waals surface area contributed by atoms with Gasteiger partial charge in [0.05, 0.1) is 0 Å². The largest absolute Gasteiger partial charge is 0.480 e. The van der Waals surface area contributed by atoms with E-state index in [4.69, 9.17) is 5.11 Å². The molecular formula is C11H11NO3. The highest BCUT2D eigenvalue weighted by Crippen LogP contribution is 2.21. The van der Waals surface area contributed by atoms with E-state index in [0.717, 1.165) is 5.56 Å². The second-order valence-corrected chi connectivity index (χ2v) is 3.63. The van der Waals surface area contributed by atoms with Crippen LogP contribution in [0.2, 0.25) is 0 Å². The summed E-state index contributed by atoms with van der Waals surface area (Å²) in [7, 11) is 1.52. The molecular weight excluding hydrogens is 194 g/mol. The first-order valence-corrected chi connectivity index (χ1v) is 4.69. The highest BCUT2D eigenvalue weighted by Gasteiger charge is 2.33. The minimum atomic E-state index is -0.958. The zero-order chi connectivity index (χ0) is 11.0. The summed E-state index contributed by atoms with van der Waals surface area (Å²) in [6.07, 6.45) is 0.383. The smallest absolute Gasteiger partial charge is 0.326 e. The second-order valence-electron chi connectivity index (χ2n) is 3.63. The molecule has 0 spiro atoms. The van der Waals surface area contributed by atoms with Crippen molar-refractivity contribution in [3.05, 3.63) is 35.4 Å². The standard InChI is InChI=1S/C11H11NO3/c1-12-9(11(14)15)6-7-4-2-3-5-8(7)10(12)13/h2-5,9H,6H2,1H3,(H,14,15)/t9-/m0/s1. The van der Waals surface area contributed by atoms with E-state index in [1.165, 1.54) is 11.9 Å². The van der Waals surface area contributed by atoms with Crippen LogP contribution in [0.15, 0.2) is 24.3 Å². The van der Waals surface area contributed by atoms with Gasteiger partial charge in [0.2, 0.25) is 0 Å². The molecule has 1 amide bonds. The van der Waals surface area contributed by atoms with E-state index in [2.05, 4.69) is 0 Å². The van der Waals surface area contributed by atoms with Gasteiger partial charge in [0.1, 0.15) is 6.04 Å². The van der Waals surface area contributed by atoms with Crippen LogP contribution in [0.5, 0.6) is 0 Å². The lowest BCUT2D eigenvalue weighted by molar-refractivity contribution is -0.142. The van der Waals surface area contributed by atoms with Gasteiger partial charge in [0.15, 0.2) is 0 Å². The Morgan fingerprint density at radius 1 is 1.47 bits per heavy atom. The quantitative estimate of drug-likeness (QED) is 0.736. The third kappa shape index (κ3) is 1.48. The Balaban J connectivity index is 2.45. The molecule has 0 radical (unpaired) electrons. The number of nitrogens with zero attached hydrogens (tertiary/aromatic N) is 1. The SMILES string of the molecule is CN1C(=O)c2ccccc2C[C@H]1C(=O)O. The Hall–Kier alpha value is -1.84. The van der Waals surface area contributed by atoms with Crippen molar-refractivity contribution in [1.29, 1.82) is 0 Å². The molecule has 4 heteroatoms. The van der Waals surface area contributed by atoms with Gasteiger partial charge >= 0.3 is 5.97 Å². The summed E-state index contributed by atoms with van der Waals surface area (Å²) >= 11 is 0. The summed E-state index contributed by atoms with van der Waals surface area (Å²) in [4.78, 5) is 24.0. The molecule has 0 aliphatic carbocycles. The van der Waals surface area contributed by atoms with Gasteiger partial charge in [-0.25, -0.2) is 4.79 Å². The van der Waals surface area contributed by atoms with Crippen LogP contribution in [0, 0.1) is 0 Å². The molecule has 1 aliphatic rings. The van der Waals surface area contributed by atoms with Crippen molar-refractivity contribution >= 4 is 11.9 Å². The van der Waals surface area contributed by atoms with E-state index in [-0.39, 0.29) is 5.91 Å². The summed E-state index contributed by atoms with van der Waals surface area (Å²) < 4.78 is 0. The van der Waals surface area contributed by atoms with Crippen LogP contribution in [0.25, 0.3) is 0 Å². The molecule has 0 aromatic heterocycles. The molecule has 1 aromatic carbocycles. The van der Waals surface area contributed by atoms with Crippen LogP contribution in [-0.4, -0.2) is 35.0 Å².